The average Bonchev–Trinajstić information content (AvgIpc) is 3.42. The van der Waals surface area contributed by atoms with Crippen LogP contribution in [0.15, 0.2) is 46.2 Å². The van der Waals surface area contributed by atoms with E-state index in [0.29, 0.717) is 0 Å². The molecule has 7 heteroatoms. The summed E-state index contributed by atoms with van der Waals surface area (Å²) in [6, 6.07) is 10.3. The molecule has 0 saturated carbocycles. The summed E-state index contributed by atoms with van der Waals surface area (Å²) in [5.41, 5.74) is 4.76. The van der Waals surface area contributed by atoms with Crippen molar-refractivity contribution in [2.45, 2.75) is 44.6 Å². The van der Waals surface area contributed by atoms with Crippen LogP contribution < -0.4 is 0 Å². The van der Waals surface area contributed by atoms with Gasteiger partial charge in [-0.2, -0.15) is 0 Å². The van der Waals surface area contributed by atoms with Crippen LogP contribution >= 0.6 is 34.4 Å². The third kappa shape index (κ3) is 3.92. The van der Waals surface area contributed by atoms with E-state index >= 15 is 0 Å². The zero-order valence-corrected chi connectivity index (χ0v) is 18.6. The summed E-state index contributed by atoms with van der Waals surface area (Å²) in [5.74, 6) is 1.78. The molecule has 0 amide bonds. The van der Waals surface area contributed by atoms with Crippen LogP contribution in [0, 0.1) is 13.8 Å². The van der Waals surface area contributed by atoms with Crippen LogP contribution in [0.1, 0.15) is 29.5 Å². The largest absolute Gasteiger partial charge is 0.302 e. The monoisotopic (exact) mass is 426 g/mol. The second-order valence-electron chi connectivity index (χ2n) is 6.59. The van der Waals surface area contributed by atoms with Gasteiger partial charge in [0.15, 0.2) is 11.0 Å². The predicted molar refractivity (Wildman–Crippen MR) is 120 cm³/mol. The van der Waals surface area contributed by atoms with E-state index in [0.717, 1.165) is 40.4 Å². The van der Waals surface area contributed by atoms with Gasteiger partial charge in [0.2, 0.25) is 0 Å². The molecule has 3 heterocycles. The lowest BCUT2D eigenvalue weighted by Crippen LogP contribution is -2.02. The lowest BCUT2D eigenvalue weighted by molar-refractivity contribution is 0.626. The zero-order valence-electron chi connectivity index (χ0n) is 16.2. The number of hydrogen-bond acceptors (Lipinski definition) is 6. The average molecular weight is 427 g/mol. The first-order chi connectivity index (χ1) is 13.7. The fraction of sp³-hybridized carbons (Fsp3) is 0.286. The van der Waals surface area contributed by atoms with Crippen molar-refractivity contribution in [1.29, 1.82) is 0 Å². The Kier molecular flexibility index (Phi) is 5.94. The highest BCUT2D eigenvalue weighted by molar-refractivity contribution is 7.98. The van der Waals surface area contributed by atoms with Crippen molar-refractivity contribution in [3.8, 4) is 22.0 Å². The minimum absolute atomic E-state index is 0.798. The molecule has 0 radical (unpaired) electrons. The van der Waals surface area contributed by atoms with E-state index in [4.69, 9.17) is 4.98 Å². The highest BCUT2D eigenvalue weighted by Crippen LogP contribution is 2.33. The highest BCUT2D eigenvalue weighted by Gasteiger charge is 2.18. The summed E-state index contributed by atoms with van der Waals surface area (Å²) in [7, 11) is 0. The van der Waals surface area contributed by atoms with Crippen LogP contribution in [-0.4, -0.2) is 19.7 Å². The third-order valence-corrected chi connectivity index (χ3v) is 7.57. The van der Waals surface area contributed by atoms with Crippen molar-refractivity contribution < 1.29 is 0 Å². The number of aryl methyl sites for hydroxylation is 1. The van der Waals surface area contributed by atoms with Gasteiger partial charge in [-0.05, 0) is 25.8 Å². The molecule has 0 N–H and O–H groups in total. The van der Waals surface area contributed by atoms with Gasteiger partial charge in [-0.3, -0.25) is 0 Å². The topological polar surface area (TPSA) is 43.6 Å². The van der Waals surface area contributed by atoms with Gasteiger partial charge in [-0.1, -0.05) is 49.0 Å². The van der Waals surface area contributed by atoms with Crippen LogP contribution in [0.2, 0.25) is 0 Å². The number of aromatic nitrogens is 4. The Hall–Kier alpha value is -1.96. The Balaban J connectivity index is 1.54. The highest BCUT2D eigenvalue weighted by atomic mass is 32.2. The Bertz CT molecular complexity index is 1060. The predicted octanol–water partition coefficient (Wildman–Crippen LogP) is 6.45. The summed E-state index contributed by atoms with van der Waals surface area (Å²) in [5, 5.41) is 15.4. The van der Waals surface area contributed by atoms with Crippen LogP contribution in [-0.2, 0) is 12.3 Å². The zero-order chi connectivity index (χ0) is 19.5. The first-order valence-corrected chi connectivity index (χ1v) is 12.0. The van der Waals surface area contributed by atoms with E-state index in [2.05, 4.69) is 58.4 Å². The van der Waals surface area contributed by atoms with Crippen molar-refractivity contribution in [3.05, 3.63) is 57.2 Å². The summed E-state index contributed by atoms with van der Waals surface area (Å²) < 4.78 is 2.25. The molecule has 28 heavy (non-hydrogen) atoms. The lowest BCUT2D eigenvalue weighted by Gasteiger charge is -2.08. The van der Waals surface area contributed by atoms with Crippen molar-refractivity contribution in [2.24, 2.45) is 0 Å². The fourth-order valence-corrected chi connectivity index (χ4v) is 5.63. The number of thiophene rings is 1. The van der Waals surface area contributed by atoms with E-state index < -0.39 is 0 Å². The van der Waals surface area contributed by atoms with E-state index in [1.165, 1.54) is 21.6 Å². The van der Waals surface area contributed by atoms with Gasteiger partial charge in [0.1, 0.15) is 5.01 Å². The van der Waals surface area contributed by atoms with E-state index in [1.807, 2.05) is 18.2 Å². The van der Waals surface area contributed by atoms with Gasteiger partial charge in [-0.15, -0.1) is 32.9 Å². The quantitative estimate of drug-likeness (QED) is 0.319. The van der Waals surface area contributed by atoms with Gasteiger partial charge in [0, 0.05) is 39.1 Å². The van der Waals surface area contributed by atoms with E-state index in [-0.39, 0.29) is 0 Å². The van der Waals surface area contributed by atoms with Crippen molar-refractivity contribution in [3.63, 3.8) is 0 Å². The van der Waals surface area contributed by atoms with Crippen molar-refractivity contribution >= 4 is 34.4 Å². The number of rotatable bonds is 7. The molecule has 0 bridgehead atoms. The molecule has 3 aromatic heterocycles. The van der Waals surface area contributed by atoms with Gasteiger partial charge in [0.25, 0.3) is 0 Å². The first-order valence-electron chi connectivity index (χ1n) is 9.28. The number of benzene rings is 1. The second-order valence-corrected chi connectivity index (χ2v) is 9.47. The molecule has 0 atom stereocenters. The SMILES string of the molecule is CCCn1c(SCc2csc(-c3ccccc3)n2)nnc1-c1csc(C)c1C. The Labute approximate surface area is 177 Å². The van der Waals surface area contributed by atoms with Crippen molar-refractivity contribution in [1.82, 2.24) is 19.7 Å². The van der Waals surface area contributed by atoms with Crippen LogP contribution in [0.25, 0.3) is 22.0 Å². The number of nitrogens with zero attached hydrogens (tertiary/aromatic N) is 4. The van der Waals surface area contributed by atoms with Gasteiger partial charge in [0.05, 0.1) is 5.69 Å². The minimum atomic E-state index is 0.798. The standard InChI is InChI=1S/C21H22N4S3/c1-4-10-25-19(18-13-26-15(3)14(18)2)23-24-21(25)28-12-17-11-27-20(22-17)16-8-6-5-7-9-16/h5-9,11,13H,4,10,12H2,1-3H3. The molecule has 1 aromatic carbocycles. The molecule has 0 aliphatic heterocycles. The molecule has 0 aliphatic rings. The molecule has 0 fully saturated rings. The molecular weight excluding hydrogens is 404 g/mol. The van der Waals surface area contributed by atoms with Crippen molar-refractivity contribution in [2.75, 3.05) is 0 Å². The number of thiazole rings is 1. The third-order valence-electron chi connectivity index (χ3n) is 4.61. The number of thioether (sulfide) groups is 1. The lowest BCUT2D eigenvalue weighted by atomic mass is 10.1. The first kappa shape index (κ1) is 19.4. The molecule has 4 aromatic rings. The van der Waals surface area contributed by atoms with Crippen LogP contribution in [0.3, 0.4) is 0 Å². The number of hydrogen-bond donors (Lipinski definition) is 0. The van der Waals surface area contributed by atoms with E-state index in [1.54, 1.807) is 34.4 Å². The summed E-state index contributed by atoms with van der Waals surface area (Å²) in [6.07, 6.45) is 1.05. The van der Waals surface area contributed by atoms with Gasteiger partial charge >= 0.3 is 0 Å². The maximum absolute atomic E-state index is 4.80. The normalized spacial score (nSPS) is 11.2. The molecule has 0 spiro atoms. The maximum atomic E-state index is 4.80. The van der Waals surface area contributed by atoms with E-state index in [9.17, 15) is 0 Å². The fourth-order valence-electron chi connectivity index (χ4n) is 2.98. The molecule has 0 aliphatic carbocycles. The van der Waals surface area contributed by atoms with Gasteiger partial charge in [-0.25, -0.2) is 4.98 Å². The molecule has 4 rings (SSSR count). The molecular formula is C21H22N4S3. The Morgan fingerprint density at radius 3 is 2.57 bits per heavy atom. The Morgan fingerprint density at radius 2 is 1.86 bits per heavy atom. The summed E-state index contributed by atoms with van der Waals surface area (Å²) in [4.78, 5) is 6.13. The molecule has 4 nitrogen and oxygen atoms in total. The van der Waals surface area contributed by atoms with Crippen LogP contribution in [0.5, 0.6) is 0 Å². The second kappa shape index (κ2) is 8.59. The minimum Gasteiger partial charge on any atom is -0.302 e. The molecule has 0 saturated heterocycles. The molecule has 144 valence electrons. The maximum Gasteiger partial charge on any atom is 0.191 e. The summed E-state index contributed by atoms with van der Waals surface area (Å²) in [6.45, 7) is 7.44. The summed E-state index contributed by atoms with van der Waals surface area (Å²) >= 11 is 5.18. The van der Waals surface area contributed by atoms with Gasteiger partial charge < -0.3 is 4.57 Å². The smallest absolute Gasteiger partial charge is 0.191 e. The Morgan fingerprint density at radius 1 is 1.04 bits per heavy atom. The van der Waals surface area contributed by atoms with Crippen LogP contribution in [0.4, 0.5) is 0 Å². The molecule has 0 unspecified atom stereocenters.